The standard InChI is InChI=1S/C13H23N3O2/c17-8-7-15-3-5-16(6-4-15)12(18)11-9-13(11)1-2-14-10-13/h11,14,17H,1-10H2. The van der Waals surface area contributed by atoms with E-state index in [4.69, 9.17) is 5.11 Å². The van der Waals surface area contributed by atoms with Crippen molar-refractivity contribution >= 4 is 5.91 Å². The lowest BCUT2D eigenvalue weighted by Crippen LogP contribution is -2.50. The zero-order valence-electron chi connectivity index (χ0n) is 10.9. The summed E-state index contributed by atoms with van der Waals surface area (Å²) in [5.74, 6) is 0.666. The largest absolute Gasteiger partial charge is 0.395 e. The molecule has 2 atom stereocenters. The summed E-state index contributed by atoms with van der Waals surface area (Å²) in [5, 5.41) is 12.3. The van der Waals surface area contributed by atoms with Crippen LogP contribution in [-0.4, -0.2) is 73.2 Å². The van der Waals surface area contributed by atoms with Gasteiger partial charge >= 0.3 is 0 Å². The first kappa shape index (κ1) is 12.4. The van der Waals surface area contributed by atoms with Crippen molar-refractivity contribution in [1.29, 1.82) is 0 Å². The first-order valence-electron chi connectivity index (χ1n) is 7.08. The molecule has 2 heterocycles. The predicted octanol–water partition coefficient (Wildman–Crippen LogP) is -0.877. The SMILES string of the molecule is O=C(C1CC12CCNC2)N1CCN(CCO)CC1. The van der Waals surface area contributed by atoms with Gasteiger partial charge < -0.3 is 15.3 Å². The quantitative estimate of drug-likeness (QED) is 0.686. The van der Waals surface area contributed by atoms with Crippen LogP contribution < -0.4 is 5.32 Å². The summed E-state index contributed by atoms with van der Waals surface area (Å²) >= 11 is 0. The fourth-order valence-electron chi connectivity index (χ4n) is 3.49. The van der Waals surface area contributed by atoms with Crippen LogP contribution in [0.15, 0.2) is 0 Å². The highest BCUT2D eigenvalue weighted by Crippen LogP contribution is 2.57. The molecule has 1 saturated carbocycles. The smallest absolute Gasteiger partial charge is 0.226 e. The van der Waals surface area contributed by atoms with Crippen molar-refractivity contribution in [3.63, 3.8) is 0 Å². The van der Waals surface area contributed by atoms with E-state index >= 15 is 0 Å². The van der Waals surface area contributed by atoms with Crippen molar-refractivity contribution < 1.29 is 9.90 Å². The highest BCUT2D eigenvalue weighted by molar-refractivity contribution is 5.83. The minimum Gasteiger partial charge on any atom is -0.395 e. The summed E-state index contributed by atoms with van der Waals surface area (Å²) in [7, 11) is 0. The molecule has 0 bridgehead atoms. The van der Waals surface area contributed by atoms with Crippen molar-refractivity contribution in [2.45, 2.75) is 12.8 Å². The number of rotatable bonds is 3. The Kier molecular flexibility index (Phi) is 3.30. The highest BCUT2D eigenvalue weighted by atomic mass is 16.3. The molecule has 0 aromatic rings. The molecule has 0 aromatic carbocycles. The molecule has 102 valence electrons. The van der Waals surface area contributed by atoms with Crippen molar-refractivity contribution in [2.75, 3.05) is 52.4 Å². The van der Waals surface area contributed by atoms with Gasteiger partial charge in [-0.25, -0.2) is 0 Å². The molecule has 3 rings (SSSR count). The number of β-amino-alcohol motifs (C(OH)–C–C–N with tert-alkyl or cyclic N) is 1. The van der Waals surface area contributed by atoms with Crippen LogP contribution in [0.5, 0.6) is 0 Å². The topological polar surface area (TPSA) is 55.8 Å². The maximum atomic E-state index is 12.4. The van der Waals surface area contributed by atoms with Crippen molar-refractivity contribution in [2.24, 2.45) is 11.3 Å². The molecule has 0 radical (unpaired) electrons. The number of carbonyl (C=O) groups is 1. The average molecular weight is 253 g/mol. The van der Waals surface area contributed by atoms with E-state index in [0.29, 0.717) is 11.3 Å². The van der Waals surface area contributed by atoms with Crippen LogP contribution in [0.2, 0.25) is 0 Å². The Morgan fingerprint density at radius 3 is 2.72 bits per heavy atom. The third-order valence-electron chi connectivity index (χ3n) is 4.86. The van der Waals surface area contributed by atoms with E-state index < -0.39 is 0 Å². The summed E-state index contributed by atoms with van der Waals surface area (Å²) in [6.45, 7) is 6.54. The predicted molar refractivity (Wildman–Crippen MR) is 68.1 cm³/mol. The van der Waals surface area contributed by atoms with Gasteiger partial charge in [-0.2, -0.15) is 0 Å². The van der Waals surface area contributed by atoms with E-state index in [0.717, 1.165) is 52.2 Å². The van der Waals surface area contributed by atoms with E-state index in [-0.39, 0.29) is 12.5 Å². The Bertz CT molecular complexity index is 320. The van der Waals surface area contributed by atoms with Gasteiger partial charge in [0.15, 0.2) is 0 Å². The zero-order chi connectivity index (χ0) is 12.6. The number of hydrogen-bond donors (Lipinski definition) is 2. The molecule has 2 N–H and O–H groups in total. The molecule has 5 nitrogen and oxygen atoms in total. The second-order valence-corrected chi connectivity index (χ2v) is 5.94. The normalized spacial score (nSPS) is 36.3. The molecular weight excluding hydrogens is 230 g/mol. The Labute approximate surface area is 108 Å². The Morgan fingerprint density at radius 2 is 2.11 bits per heavy atom. The Hall–Kier alpha value is -0.650. The number of hydrogen-bond acceptors (Lipinski definition) is 4. The lowest BCUT2D eigenvalue weighted by molar-refractivity contribution is -0.135. The second-order valence-electron chi connectivity index (χ2n) is 5.94. The van der Waals surface area contributed by atoms with Crippen LogP contribution >= 0.6 is 0 Å². The molecule has 1 amide bonds. The van der Waals surface area contributed by atoms with Gasteiger partial charge in [0.2, 0.25) is 5.91 Å². The molecule has 5 heteroatoms. The zero-order valence-corrected chi connectivity index (χ0v) is 10.9. The summed E-state index contributed by atoms with van der Waals surface area (Å²) in [6, 6.07) is 0. The minimum absolute atomic E-state index is 0.214. The van der Waals surface area contributed by atoms with E-state index in [1.807, 2.05) is 4.90 Å². The fourth-order valence-corrected chi connectivity index (χ4v) is 3.49. The van der Waals surface area contributed by atoms with Gasteiger partial charge in [-0.05, 0) is 24.8 Å². The number of aliphatic hydroxyl groups excluding tert-OH is 1. The molecular formula is C13H23N3O2. The number of carbonyl (C=O) groups excluding carboxylic acids is 1. The summed E-state index contributed by atoms with van der Waals surface area (Å²) in [4.78, 5) is 16.7. The molecule has 3 fully saturated rings. The van der Waals surface area contributed by atoms with Crippen LogP contribution in [0.25, 0.3) is 0 Å². The monoisotopic (exact) mass is 253 g/mol. The van der Waals surface area contributed by atoms with Gasteiger partial charge in [0.1, 0.15) is 0 Å². The van der Waals surface area contributed by atoms with E-state index in [1.54, 1.807) is 0 Å². The maximum Gasteiger partial charge on any atom is 0.226 e. The number of amides is 1. The number of nitrogens with one attached hydrogen (secondary N) is 1. The Morgan fingerprint density at radius 1 is 1.33 bits per heavy atom. The summed E-state index contributed by atoms with van der Waals surface area (Å²) in [6.07, 6.45) is 2.27. The first-order valence-corrected chi connectivity index (χ1v) is 7.08. The Balaban J connectivity index is 1.50. The summed E-state index contributed by atoms with van der Waals surface area (Å²) < 4.78 is 0. The lowest BCUT2D eigenvalue weighted by atomic mass is 10.0. The van der Waals surface area contributed by atoms with Crippen molar-refractivity contribution in [3.8, 4) is 0 Å². The number of nitrogens with zero attached hydrogens (tertiary/aromatic N) is 2. The third-order valence-corrected chi connectivity index (χ3v) is 4.86. The minimum atomic E-state index is 0.214. The molecule has 2 unspecified atom stereocenters. The second kappa shape index (κ2) is 4.79. The van der Waals surface area contributed by atoms with Gasteiger partial charge in [-0.15, -0.1) is 0 Å². The number of piperazine rings is 1. The highest BCUT2D eigenvalue weighted by Gasteiger charge is 2.59. The third kappa shape index (κ3) is 2.15. The van der Waals surface area contributed by atoms with Gasteiger partial charge in [0.25, 0.3) is 0 Å². The number of aliphatic hydroxyl groups is 1. The van der Waals surface area contributed by atoms with Gasteiger partial charge in [0, 0.05) is 45.2 Å². The molecule has 3 aliphatic rings. The van der Waals surface area contributed by atoms with Gasteiger partial charge in [-0.3, -0.25) is 9.69 Å². The van der Waals surface area contributed by atoms with Gasteiger partial charge in [0.05, 0.1) is 6.61 Å². The van der Waals surface area contributed by atoms with Crippen LogP contribution in [0.3, 0.4) is 0 Å². The van der Waals surface area contributed by atoms with E-state index in [9.17, 15) is 4.79 Å². The average Bonchev–Trinajstić information content (AvgIpc) is 2.87. The molecule has 1 aliphatic carbocycles. The lowest BCUT2D eigenvalue weighted by Gasteiger charge is -2.34. The first-order chi connectivity index (χ1) is 8.75. The fraction of sp³-hybridized carbons (Fsp3) is 0.923. The molecule has 18 heavy (non-hydrogen) atoms. The molecule has 1 spiro atoms. The molecule has 2 aliphatic heterocycles. The van der Waals surface area contributed by atoms with Crippen LogP contribution in [-0.2, 0) is 4.79 Å². The van der Waals surface area contributed by atoms with Crippen molar-refractivity contribution in [3.05, 3.63) is 0 Å². The van der Waals surface area contributed by atoms with Crippen LogP contribution in [0.1, 0.15) is 12.8 Å². The van der Waals surface area contributed by atoms with Gasteiger partial charge in [-0.1, -0.05) is 0 Å². The van der Waals surface area contributed by atoms with Crippen LogP contribution in [0, 0.1) is 11.3 Å². The summed E-state index contributed by atoms with van der Waals surface area (Å²) in [5.41, 5.74) is 0.319. The maximum absolute atomic E-state index is 12.4. The van der Waals surface area contributed by atoms with Crippen LogP contribution in [0.4, 0.5) is 0 Å². The molecule has 0 aromatic heterocycles. The molecule has 2 saturated heterocycles. The van der Waals surface area contributed by atoms with E-state index in [1.165, 1.54) is 6.42 Å². The van der Waals surface area contributed by atoms with E-state index in [2.05, 4.69) is 10.2 Å². The van der Waals surface area contributed by atoms with Crippen molar-refractivity contribution in [1.82, 2.24) is 15.1 Å².